The normalized spacial score (nSPS) is 15.1. The summed E-state index contributed by atoms with van der Waals surface area (Å²) in [4.78, 5) is 6.46. The molecule has 0 aliphatic rings. The van der Waals surface area contributed by atoms with Crippen LogP contribution in [0, 0.1) is 0 Å². The van der Waals surface area contributed by atoms with Gasteiger partial charge in [0.05, 0.1) is 0 Å². The van der Waals surface area contributed by atoms with Gasteiger partial charge in [0, 0.05) is 31.0 Å². The van der Waals surface area contributed by atoms with E-state index in [4.69, 9.17) is 5.73 Å². The molecule has 1 unspecified atom stereocenters. The number of hydrogen-bond acceptors (Lipinski definition) is 3. The third-order valence-corrected chi connectivity index (χ3v) is 3.29. The van der Waals surface area contributed by atoms with Crippen molar-refractivity contribution in [3.63, 3.8) is 0 Å². The maximum atomic E-state index is 5.89. The highest BCUT2D eigenvalue weighted by Gasteiger charge is 2.26. The SMILES string of the molecule is CCCC(C)(CN)N(C)Cc1cccnc1. The molecule has 1 rings (SSSR count). The third-order valence-electron chi connectivity index (χ3n) is 3.29. The summed E-state index contributed by atoms with van der Waals surface area (Å²) in [6.45, 7) is 6.03. The van der Waals surface area contributed by atoms with Crippen LogP contribution in [0.3, 0.4) is 0 Å². The molecule has 0 aliphatic carbocycles. The van der Waals surface area contributed by atoms with E-state index >= 15 is 0 Å². The number of pyridine rings is 1. The highest BCUT2D eigenvalue weighted by molar-refractivity contribution is 5.08. The predicted octanol–water partition coefficient (Wildman–Crippen LogP) is 2.03. The minimum Gasteiger partial charge on any atom is -0.329 e. The van der Waals surface area contributed by atoms with Crippen LogP contribution in [0.5, 0.6) is 0 Å². The van der Waals surface area contributed by atoms with Gasteiger partial charge in [0.2, 0.25) is 0 Å². The molecule has 0 spiro atoms. The first-order valence-corrected chi connectivity index (χ1v) is 5.92. The summed E-state index contributed by atoms with van der Waals surface area (Å²) in [5.74, 6) is 0. The van der Waals surface area contributed by atoms with E-state index < -0.39 is 0 Å². The Morgan fingerprint density at radius 2 is 2.25 bits per heavy atom. The summed E-state index contributed by atoms with van der Waals surface area (Å²) in [6, 6.07) is 4.08. The minimum atomic E-state index is 0.0879. The molecular formula is C13H23N3. The number of nitrogens with two attached hydrogens (primary N) is 1. The van der Waals surface area contributed by atoms with E-state index in [1.54, 1.807) is 6.20 Å². The Morgan fingerprint density at radius 1 is 1.50 bits per heavy atom. The van der Waals surface area contributed by atoms with E-state index in [0.29, 0.717) is 6.54 Å². The van der Waals surface area contributed by atoms with E-state index in [9.17, 15) is 0 Å². The van der Waals surface area contributed by atoms with Crippen molar-refractivity contribution in [3.8, 4) is 0 Å². The van der Waals surface area contributed by atoms with Crippen molar-refractivity contribution in [2.24, 2.45) is 5.73 Å². The highest BCUT2D eigenvalue weighted by Crippen LogP contribution is 2.20. The molecule has 1 atom stereocenters. The van der Waals surface area contributed by atoms with Gasteiger partial charge in [0.1, 0.15) is 0 Å². The number of nitrogens with zero attached hydrogens (tertiary/aromatic N) is 2. The first-order chi connectivity index (χ1) is 7.62. The van der Waals surface area contributed by atoms with Gasteiger partial charge in [-0.25, -0.2) is 0 Å². The molecule has 0 saturated heterocycles. The van der Waals surface area contributed by atoms with Crippen molar-refractivity contribution in [1.82, 2.24) is 9.88 Å². The van der Waals surface area contributed by atoms with Crippen LogP contribution in [0.4, 0.5) is 0 Å². The van der Waals surface area contributed by atoms with Crippen LogP contribution in [0.2, 0.25) is 0 Å². The summed E-state index contributed by atoms with van der Waals surface area (Å²) < 4.78 is 0. The molecule has 0 aliphatic heterocycles. The van der Waals surface area contributed by atoms with Crippen LogP contribution in [0.25, 0.3) is 0 Å². The maximum Gasteiger partial charge on any atom is 0.0312 e. The number of hydrogen-bond donors (Lipinski definition) is 1. The van der Waals surface area contributed by atoms with E-state index in [0.717, 1.165) is 19.4 Å². The molecular weight excluding hydrogens is 198 g/mol. The highest BCUT2D eigenvalue weighted by atomic mass is 15.2. The van der Waals surface area contributed by atoms with E-state index in [-0.39, 0.29) is 5.54 Å². The fourth-order valence-corrected chi connectivity index (χ4v) is 1.94. The molecule has 2 N–H and O–H groups in total. The Hall–Kier alpha value is -0.930. The summed E-state index contributed by atoms with van der Waals surface area (Å²) in [5.41, 5.74) is 7.22. The zero-order valence-corrected chi connectivity index (χ0v) is 10.6. The van der Waals surface area contributed by atoms with Crippen molar-refractivity contribution in [1.29, 1.82) is 0 Å². The molecule has 1 aromatic heterocycles. The zero-order chi connectivity index (χ0) is 12.0. The van der Waals surface area contributed by atoms with Crippen LogP contribution < -0.4 is 5.73 Å². The van der Waals surface area contributed by atoms with Gasteiger partial charge in [-0.05, 0) is 32.0 Å². The molecule has 16 heavy (non-hydrogen) atoms. The Labute approximate surface area is 98.7 Å². The second kappa shape index (κ2) is 5.97. The fourth-order valence-electron chi connectivity index (χ4n) is 1.94. The van der Waals surface area contributed by atoms with Gasteiger partial charge in [-0.15, -0.1) is 0 Å². The van der Waals surface area contributed by atoms with Gasteiger partial charge in [-0.2, -0.15) is 0 Å². The minimum absolute atomic E-state index is 0.0879. The van der Waals surface area contributed by atoms with Crippen LogP contribution in [0.15, 0.2) is 24.5 Å². The van der Waals surface area contributed by atoms with Crippen LogP contribution in [-0.4, -0.2) is 29.0 Å². The number of rotatable bonds is 6. The second-order valence-corrected chi connectivity index (χ2v) is 4.67. The van der Waals surface area contributed by atoms with Crippen molar-refractivity contribution in [2.45, 2.75) is 38.8 Å². The number of aromatic nitrogens is 1. The summed E-state index contributed by atoms with van der Waals surface area (Å²) in [7, 11) is 2.13. The van der Waals surface area contributed by atoms with Crippen molar-refractivity contribution in [3.05, 3.63) is 30.1 Å². The quantitative estimate of drug-likeness (QED) is 0.799. The lowest BCUT2D eigenvalue weighted by molar-refractivity contribution is 0.125. The van der Waals surface area contributed by atoms with Crippen LogP contribution in [-0.2, 0) is 6.54 Å². The molecule has 90 valence electrons. The molecule has 3 nitrogen and oxygen atoms in total. The lowest BCUT2D eigenvalue weighted by Gasteiger charge is -2.38. The van der Waals surface area contributed by atoms with Gasteiger partial charge < -0.3 is 5.73 Å². The molecule has 0 radical (unpaired) electrons. The molecule has 0 aromatic carbocycles. The lowest BCUT2D eigenvalue weighted by Crippen LogP contribution is -2.49. The van der Waals surface area contributed by atoms with E-state index in [1.165, 1.54) is 5.56 Å². The topological polar surface area (TPSA) is 42.1 Å². The largest absolute Gasteiger partial charge is 0.329 e. The first kappa shape index (κ1) is 13.1. The van der Waals surface area contributed by atoms with Gasteiger partial charge in [-0.1, -0.05) is 19.4 Å². The number of likely N-dealkylation sites (N-methyl/N-ethyl adjacent to an activating group) is 1. The van der Waals surface area contributed by atoms with Gasteiger partial charge in [0.25, 0.3) is 0 Å². The van der Waals surface area contributed by atoms with E-state index in [1.807, 2.05) is 12.3 Å². The predicted molar refractivity (Wildman–Crippen MR) is 68.1 cm³/mol. The summed E-state index contributed by atoms with van der Waals surface area (Å²) >= 11 is 0. The summed E-state index contributed by atoms with van der Waals surface area (Å²) in [6.07, 6.45) is 6.00. The van der Waals surface area contributed by atoms with Crippen molar-refractivity contribution in [2.75, 3.05) is 13.6 Å². The van der Waals surface area contributed by atoms with Gasteiger partial charge in [-0.3, -0.25) is 9.88 Å². The van der Waals surface area contributed by atoms with Crippen molar-refractivity contribution >= 4 is 0 Å². The Kier molecular flexibility index (Phi) is 4.90. The van der Waals surface area contributed by atoms with Crippen LogP contribution >= 0.6 is 0 Å². The lowest BCUT2D eigenvalue weighted by atomic mass is 9.94. The van der Waals surface area contributed by atoms with E-state index in [2.05, 4.69) is 36.8 Å². The molecule has 0 amide bonds. The average molecular weight is 221 g/mol. The van der Waals surface area contributed by atoms with Gasteiger partial charge in [0.15, 0.2) is 0 Å². The zero-order valence-electron chi connectivity index (χ0n) is 10.6. The molecule has 0 fully saturated rings. The molecule has 3 heteroatoms. The van der Waals surface area contributed by atoms with Gasteiger partial charge >= 0.3 is 0 Å². The standard InChI is InChI=1S/C13H23N3/c1-4-7-13(2,11-14)16(3)10-12-6-5-8-15-9-12/h5-6,8-9H,4,7,10-11,14H2,1-3H3. The molecule has 1 aromatic rings. The monoisotopic (exact) mass is 221 g/mol. The van der Waals surface area contributed by atoms with Crippen molar-refractivity contribution < 1.29 is 0 Å². The molecule has 0 bridgehead atoms. The first-order valence-electron chi connectivity index (χ1n) is 5.92. The average Bonchev–Trinajstić information content (AvgIpc) is 2.30. The third kappa shape index (κ3) is 3.29. The maximum absolute atomic E-state index is 5.89. The Morgan fingerprint density at radius 3 is 2.75 bits per heavy atom. The second-order valence-electron chi connectivity index (χ2n) is 4.67. The van der Waals surface area contributed by atoms with Crippen LogP contribution in [0.1, 0.15) is 32.3 Å². The summed E-state index contributed by atoms with van der Waals surface area (Å²) in [5, 5.41) is 0. The fraction of sp³-hybridized carbons (Fsp3) is 0.615. The molecule has 1 heterocycles. The molecule has 0 saturated carbocycles. The Bertz CT molecular complexity index is 299. The Balaban J connectivity index is 2.66. The smallest absolute Gasteiger partial charge is 0.0312 e.